The molecule has 0 aliphatic heterocycles. The van der Waals surface area contributed by atoms with Crippen LogP contribution in [0, 0.1) is 0 Å². The molecule has 1 aromatic rings. The summed E-state index contributed by atoms with van der Waals surface area (Å²) in [5.74, 6) is -1.45. The Bertz CT molecular complexity index is 486. The summed E-state index contributed by atoms with van der Waals surface area (Å²) in [5, 5.41) is 18.5. The van der Waals surface area contributed by atoms with Crippen LogP contribution >= 0.6 is 0 Å². The second kappa shape index (κ2) is 4.61. The number of hydrogen-bond acceptors (Lipinski definition) is 3. The topological polar surface area (TPSA) is 79.5 Å². The van der Waals surface area contributed by atoms with Crippen LogP contribution in [-0.2, 0) is 0 Å². The first-order valence-electron chi connectivity index (χ1n) is 5.78. The maximum atomic E-state index is 11.8. The molecular formula is C12H15NO4. The molecule has 92 valence electrons. The molecule has 0 spiro atoms. The van der Waals surface area contributed by atoms with E-state index < -0.39 is 11.5 Å². The Labute approximate surface area is 98.3 Å². The van der Waals surface area contributed by atoms with E-state index in [1.165, 1.54) is 4.57 Å². The number of carboxylic acids is 1. The van der Waals surface area contributed by atoms with Gasteiger partial charge in [-0.1, -0.05) is 19.3 Å². The van der Waals surface area contributed by atoms with E-state index in [2.05, 4.69) is 0 Å². The lowest BCUT2D eigenvalue weighted by atomic mass is 9.95. The van der Waals surface area contributed by atoms with E-state index in [1.807, 2.05) is 0 Å². The van der Waals surface area contributed by atoms with Gasteiger partial charge in [0.2, 0.25) is 0 Å². The second-order valence-corrected chi connectivity index (χ2v) is 4.41. The molecule has 0 radical (unpaired) electrons. The number of aromatic carboxylic acids is 1. The highest BCUT2D eigenvalue weighted by Crippen LogP contribution is 2.29. The summed E-state index contributed by atoms with van der Waals surface area (Å²) in [4.78, 5) is 22.5. The SMILES string of the molecule is O=C(O)c1cc(O)n(C2CCCCC2)c(=O)c1. The third-order valence-corrected chi connectivity index (χ3v) is 3.23. The molecule has 2 rings (SSSR count). The molecule has 2 N–H and O–H groups in total. The quantitative estimate of drug-likeness (QED) is 0.821. The van der Waals surface area contributed by atoms with Crippen LogP contribution in [0.1, 0.15) is 48.5 Å². The Balaban J connectivity index is 2.40. The van der Waals surface area contributed by atoms with Crippen LogP contribution in [0.5, 0.6) is 5.88 Å². The fourth-order valence-corrected chi connectivity index (χ4v) is 2.40. The van der Waals surface area contributed by atoms with Crippen molar-refractivity contribution < 1.29 is 15.0 Å². The highest BCUT2D eigenvalue weighted by atomic mass is 16.4. The third-order valence-electron chi connectivity index (χ3n) is 3.23. The molecule has 5 heteroatoms. The van der Waals surface area contributed by atoms with Crippen LogP contribution in [-0.4, -0.2) is 20.7 Å². The van der Waals surface area contributed by atoms with Crippen molar-refractivity contribution in [1.29, 1.82) is 0 Å². The lowest BCUT2D eigenvalue weighted by Crippen LogP contribution is -2.26. The molecule has 1 saturated carbocycles. The predicted molar refractivity (Wildman–Crippen MR) is 61.4 cm³/mol. The van der Waals surface area contributed by atoms with Crippen LogP contribution in [0.25, 0.3) is 0 Å². The highest BCUT2D eigenvalue weighted by Gasteiger charge is 2.20. The number of nitrogens with zero attached hydrogens (tertiary/aromatic N) is 1. The molecule has 17 heavy (non-hydrogen) atoms. The fourth-order valence-electron chi connectivity index (χ4n) is 2.40. The summed E-state index contributed by atoms with van der Waals surface area (Å²) in [6, 6.07) is 2.20. The molecule has 0 atom stereocenters. The van der Waals surface area contributed by atoms with E-state index in [0.717, 1.165) is 44.2 Å². The van der Waals surface area contributed by atoms with E-state index in [0.29, 0.717) is 0 Å². The molecule has 0 saturated heterocycles. The van der Waals surface area contributed by atoms with Gasteiger partial charge in [-0.15, -0.1) is 0 Å². The number of carboxylic acid groups (broad SMARTS) is 1. The number of aromatic hydroxyl groups is 1. The summed E-state index contributed by atoms with van der Waals surface area (Å²) in [7, 11) is 0. The Morgan fingerprint density at radius 1 is 1.24 bits per heavy atom. The molecule has 0 unspecified atom stereocenters. The number of pyridine rings is 1. The average molecular weight is 237 g/mol. The molecule has 0 bridgehead atoms. The molecule has 1 aliphatic rings. The Kier molecular flexibility index (Phi) is 3.17. The van der Waals surface area contributed by atoms with E-state index in [9.17, 15) is 14.7 Å². The fraction of sp³-hybridized carbons (Fsp3) is 0.500. The zero-order valence-corrected chi connectivity index (χ0v) is 9.43. The van der Waals surface area contributed by atoms with Crippen LogP contribution in [0.15, 0.2) is 16.9 Å². The van der Waals surface area contributed by atoms with Crippen LogP contribution in [0.3, 0.4) is 0 Å². The van der Waals surface area contributed by atoms with Gasteiger partial charge in [0.15, 0.2) is 5.88 Å². The highest BCUT2D eigenvalue weighted by molar-refractivity contribution is 5.87. The minimum atomic E-state index is -1.20. The molecule has 1 heterocycles. The summed E-state index contributed by atoms with van der Waals surface area (Å²) in [6.45, 7) is 0. The van der Waals surface area contributed by atoms with Gasteiger partial charge in [0, 0.05) is 18.2 Å². The van der Waals surface area contributed by atoms with Gasteiger partial charge in [-0.25, -0.2) is 4.79 Å². The summed E-state index contributed by atoms with van der Waals surface area (Å²) >= 11 is 0. The van der Waals surface area contributed by atoms with Crippen molar-refractivity contribution in [2.45, 2.75) is 38.1 Å². The van der Waals surface area contributed by atoms with Gasteiger partial charge < -0.3 is 10.2 Å². The normalized spacial score (nSPS) is 16.9. The van der Waals surface area contributed by atoms with Crippen molar-refractivity contribution in [1.82, 2.24) is 4.57 Å². The van der Waals surface area contributed by atoms with E-state index in [1.54, 1.807) is 0 Å². The summed E-state index contributed by atoms with van der Waals surface area (Å²) < 4.78 is 1.31. The van der Waals surface area contributed by atoms with Gasteiger partial charge in [-0.3, -0.25) is 9.36 Å². The van der Waals surface area contributed by atoms with Crippen molar-refractivity contribution in [3.8, 4) is 5.88 Å². The smallest absolute Gasteiger partial charge is 0.336 e. The maximum Gasteiger partial charge on any atom is 0.336 e. The first-order chi connectivity index (χ1) is 8.09. The van der Waals surface area contributed by atoms with Crippen molar-refractivity contribution in [3.05, 3.63) is 28.0 Å². The zero-order valence-electron chi connectivity index (χ0n) is 9.43. The van der Waals surface area contributed by atoms with Gasteiger partial charge in [-0.05, 0) is 12.8 Å². The van der Waals surface area contributed by atoms with Gasteiger partial charge in [0.05, 0.1) is 5.56 Å². The number of hydrogen-bond donors (Lipinski definition) is 2. The van der Waals surface area contributed by atoms with Crippen molar-refractivity contribution in [2.75, 3.05) is 0 Å². The first-order valence-corrected chi connectivity index (χ1v) is 5.78. The molecule has 5 nitrogen and oxygen atoms in total. The summed E-state index contributed by atoms with van der Waals surface area (Å²) in [5.41, 5.74) is -0.603. The number of carbonyl (C=O) groups is 1. The minimum Gasteiger partial charge on any atom is -0.494 e. The summed E-state index contributed by atoms with van der Waals surface area (Å²) in [6.07, 6.45) is 4.95. The monoisotopic (exact) mass is 237 g/mol. The lowest BCUT2D eigenvalue weighted by Gasteiger charge is -2.24. The Morgan fingerprint density at radius 2 is 1.88 bits per heavy atom. The largest absolute Gasteiger partial charge is 0.494 e. The standard InChI is InChI=1S/C12H15NO4/c14-10-6-8(12(16)17)7-11(15)13(10)9-4-2-1-3-5-9/h6-7,9,14H,1-5H2,(H,16,17). The number of rotatable bonds is 2. The Morgan fingerprint density at radius 3 is 2.41 bits per heavy atom. The third kappa shape index (κ3) is 2.33. The second-order valence-electron chi connectivity index (χ2n) is 4.41. The van der Waals surface area contributed by atoms with Gasteiger partial charge in [0.1, 0.15) is 0 Å². The Hall–Kier alpha value is -1.78. The van der Waals surface area contributed by atoms with Gasteiger partial charge in [-0.2, -0.15) is 0 Å². The average Bonchev–Trinajstić information content (AvgIpc) is 2.29. The lowest BCUT2D eigenvalue weighted by molar-refractivity contribution is 0.0695. The van der Waals surface area contributed by atoms with E-state index >= 15 is 0 Å². The molecule has 1 aromatic heterocycles. The molecule has 1 fully saturated rings. The van der Waals surface area contributed by atoms with E-state index in [-0.39, 0.29) is 17.5 Å². The van der Waals surface area contributed by atoms with Crippen molar-refractivity contribution in [2.24, 2.45) is 0 Å². The van der Waals surface area contributed by atoms with Crippen molar-refractivity contribution >= 4 is 5.97 Å². The maximum absolute atomic E-state index is 11.8. The van der Waals surface area contributed by atoms with Gasteiger partial charge >= 0.3 is 5.97 Å². The zero-order chi connectivity index (χ0) is 12.4. The van der Waals surface area contributed by atoms with Crippen LogP contribution in [0.4, 0.5) is 0 Å². The van der Waals surface area contributed by atoms with Gasteiger partial charge in [0.25, 0.3) is 5.56 Å². The first kappa shape index (κ1) is 11.7. The van der Waals surface area contributed by atoms with Crippen LogP contribution in [0.2, 0.25) is 0 Å². The minimum absolute atomic E-state index is 0.000838. The predicted octanol–water partition coefficient (Wildman–Crippen LogP) is 1.76. The van der Waals surface area contributed by atoms with E-state index in [4.69, 9.17) is 5.11 Å². The molecular weight excluding hydrogens is 222 g/mol. The molecule has 0 amide bonds. The molecule has 1 aliphatic carbocycles. The van der Waals surface area contributed by atoms with Crippen molar-refractivity contribution in [3.63, 3.8) is 0 Å². The number of aromatic nitrogens is 1. The molecule has 0 aromatic carbocycles. The van der Waals surface area contributed by atoms with Crippen LogP contribution < -0.4 is 5.56 Å².